The van der Waals surface area contributed by atoms with E-state index in [0.29, 0.717) is 49.0 Å². The Hall–Kier alpha value is -0.860. The number of aliphatic hydroxyl groups is 2. The first kappa shape index (κ1) is 28.7. The third kappa shape index (κ3) is 5.15. The number of nitrogens with one attached hydrogen (secondary N) is 1. The van der Waals surface area contributed by atoms with Crippen LogP contribution in [0.1, 0.15) is 97.8 Å². The van der Waals surface area contributed by atoms with E-state index in [2.05, 4.69) is 26.1 Å². The Morgan fingerprint density at radius 3 is 2.34 bits per heavy atom. The summed E-state index contributed by atoms with van der Waals surface area (Å²) in [5.74, 6) is 3.04. The number of carbonyl (C=O) groups is 1. The van der Waals surface area contributed by atoms with Gasteiger partial charge in [0.25, 0.3) is 0 Å². The molecule has 0 aromatic heterocycles. The predicted octanol–water partition coefficient (Wildman–Crippen LogP) is 4.70. The van der Waals surface area contributed by atoms with E-state index in [9.17, 15) is 23.4 Å². The van der Waals surface area contributed by atoms with Crippen LogP contribution in [-0.4, -0.2) is 61.1 Å². The molecule has 1 aliphatic heterocycles. The molecule has 0 aromatic rings. The van der Waals surface area contributed by atoms with Gasteiger partial charge in [0.15, 0.2) is 0 Å². The molecule has 5 rings (SSSR count). The van der Waals surface area contributed by atoms with Crippen LogP contribution in [0.5, 0.6) is 0 Å². The van der Waals surface area contributed by atoms with Gasteiger partial charge in [0.05, 0.1) is 30.3 Å². The van der Waals surface area contributed by atoms with E-state index in [-0.39, 0.29) is 46.5 Å². The van der Waals surface area contributed by atoms with Gasteiger partial charge < -0.3 is 20.3 Å². The molecule has 1 amide bonds. The van der Waals surface area contributed by atoms with Crippen LogP contribution in [-0.2, 0) is 14.6 Å². The van der Waals surface area contributed by atoms with Crippen molar-refractivity contribution in [1.82, 2.24) is 5.32 Å². The van der Waals surface area contributed by atoms with Crippen LogP contribution in [0.2, 0.25) is 0 Å². The SMILES string of the molecule is CC[C@H]1[C@@H](O)[C@@H]2[C@H](CC[C@]3(C)[C@@H](CCCOC(=O)NC4CCS(=O)(=O)CC4)CC[C@@H]23)[C@@]2(C)CC[C@@H](O)C[C@@H]12. The number of amides is 1. The van der Waals surface area contributed by atoms with Crippen LogP contribution < -0.4 is 5.32 Å². The van der Waals surface area contributed by atoms with Crippen molar-refractivity contribution in [3.63, 3.8) is 0 Å². The number of carbonyl (C=O) groups excluding carboxylic acids is 1. The molecular weight excluding hydrogens is 502 g/mol. The van der Waals surface area contributed by atoms with Crippen molar-refractivity contribution in [1.29, 1.82) is 0 Å². The second-order valence-electron chi connectivity index (χ2n) is 14.1. The zero-order valence-corrected chi connectivity index (χ0v) is 24.6. The Labute approximate surface area is 229 Å². The smallest absolute Gasteiger partial charge is 0.407 e. The highest BCUT2D eigenvalue weighted by Gasteiger charge is 2.64. The highest BCUT2D eigenvalue weighted by molar-refractivity contribution is 7.91. The Morgan fingerprint density at radius 2 is 1.63 bits per heavy atom. The average molecular weight is 554 g/mol. The number of fused-ring (bicyclic) bond motifs is 5. The Balaban J connectivity index is 1.16. The van der Waals surface area contributed by atoms with Crippen molar-refractivity contribution in [3.05, 3.63) is 0 Å². The van der Waals surface area contributed by atoms with Gasteiger partial charge in [0.1, 0.15) is 9.84 Å². The Bertz CT molecular complexity index is 958. The van der Waals surface area contributed by atoms with E-state index in [0.717, 1.165) is 38.5 Å². The zero-order valence-electron chi connectivity index (χ0n) is 23.7. The molecule has 0 spiro atoms. The number of aliphatic hydroxyl groups excluding tert-OH is 2. The monoisotopic (exact) mass is 553 g/mol. The van der Waals surface area contributed by atoms with E-state index >= 15 is 0 Å². The molecule has 10 atom stereocenters. The first-order valence-electron chi connectivity index (χ1n) is 15.5. The molecule has 0 bridgehead atoms. The summed E-state index contributed by atoms with van der Waals surface area (Å²) in [5.41, 5.74) is 0.459. The van der Waals surface area contributed by atoms with Crippen LogP contribution in [0.15, 0.2) is 0 Å². The summed E-state index contributed by atoms with van der Waals surface area (Å²) in [4.78, 5) is 12.3. The molecule has 3 N–H and O–H groups in total. The number of alkyl carbamates (subject to hydrolysis) is 1. The summed E-state index contributed by atoms with van der Waals surface area (Å²) in [6.07, 6.45) is 10.5. The Kier molecular flexibility index (Phi) is 8.18. The van der Waals surface area contributed by atoms with Gasteiger partial charge in [-0.05, 0) is 117 Å². The number of sulfone groups is 1. The van der Waals surface area contributed by atoms with Gasteiger partial charge in [0, 0.05) is 6.04 Å². The molecule has 218 valence electrons. The first-order valence-corrected chi connectivity index (χ1v) is 17.3. The van der Waals surface area contributed by atoms with Crippen molar-refractivity contribution in [2.24, 2.45) is 46.3 Å². The summed E-state index contributed by atoms with van der Waals surface area (Å²) in [7, 11) is -2.94. The van der Waals surface area contributed by atoms with Gasteiger partial charge in [0.2, 0.25) is 0 Å². The van der Waals surface area contributed by atoms with E-state index < -0.39 is 15.9 Å². The maximum atomic E-state index is 12.3. The highest BCUT2D eigenvalue weighted by atomic mass is 32.2. The lowest BCUT2D eigenvalue weighted by Gasteiger charge is -2.64. The molecule has 5 fully saturated rings. The third-order valence-corrected chi connectivity index (χ3v) is 14.1. The zero-order chi connectivity index (χ0) is 27.3. The quantitative estimate of drug-likeness (QED) is 0.411. The standard InChI is InChI=1S/C30H51NO6S/c1-4-22-25-18-21(32)9-13-30(25,3)24-10-14-29(2)19(7-8-23(29)26(24)27(22)33)6-5-15-37-28(34)31-20-11-16-38(35,36)17-12-20/h19-27,32-33H,4-18H2,1-3H3,(H,31,34)/t19-,21+,22+,23-,24-,25-,26-,27+,29+,30+/m0/s1. The van der Waals surface area contributed by atoms with E-state index in [1.165, 1.54) is 25.7 Å². The fraction of sp³-hybridized carbons (Fsp3) is 0.967. The van der Waals surface area contributed by atoms with E-state index in [4.69, 9.17) is 4.74 Å². The lowest BCUT2D eigenvalue weighted by molar-refractivity contribution is -0.202. The largest absolute Gasteiger partial charge is 0.450 e. The fourth-order valence-corrected chi connectivity index (χ4v) is 11.8. The molecule has 38 heavy (non-hydrogen) atoms. The van der Waals surface area contributed by atoms with Gasteiger partial charge in [-0.1, -0.05) is 27.2 Å². The second kappa shape index (κ2) is 10.8. The van der Waals surface area contributed by atoms with Gasteiger partial charge in [-0.3, -0.25) is 0 Å². The van der Waals surface area contributed by atoms with Gasteiger partial charge in [-0.25, -0.2) is 13.2 Å². The summed E-state index contributed by atoms with van der Waals surface area (Å²) >= 11 is 0. The molecule has 5 aliphatic rings. The fourth-order valence-electron chi connectivity index (χ4n) is 10.3. The minimum atomic E-state index is -2.94. The minimum Gasteiger partial charge on any atom is -0.450 e. The number of ether oxygens (including phenoxy) is 1. The molecule has 4 saturated carbocycles. The number of hydrogen-bond donors (Lipinski definition) is 3. The van der Waals surface area contributed by atoms with Crippen LogP contribution in [0.4, 0.5) is 4.79 Å². The summed E-state index contributed by atoms with van der Waals surface area (Å²) in [6.45, 7) is 7.58. The summed E-state index contributed by atoms with van der Waals surface area (Å²) < 4.78 is 28.7. The number of rotatable bonds is 6. The van der Waals surface area contributed by atoms with Crippen LogP contribution >= 0.6 is 0 Å². The van der Waals surface area contributed by atoms with Gasteiger partial charge in [-0.2, -0.15) is 0 Å². The predicted molar refractivity (Wildman–Crippen MR) is 147 cm³/mol. The summed E-state index contributed by atoms with van der Waals surface area (Å²) in [5, 5.41) is 25.1. The minimum absolute atomic E-state index is 0.113. The maximum Gasteiger partial charge on any atom is 0.407 e. The second-order valence-corrected chi connectivity index (χ2v) is 16.4. The molecule has 0 radical (unpaired) electrons. The van der Waals surface area contributed by atoms with Crippen LogP contribution in [0.25, 0.3) is 0 Å². The average Bonchev–Trinajstić information content (AvgIpc) is 3.20. The van der Waals surface area contributed by atoms with Crippen molar-refractivity contribution < 1.29 is 28.2 Å². The molecule has 8 heteroatoms. The van der Waals surface area contributed by atoms with E-state index in [1.807, 2.05) is 0 Å². The van der Waals surface area contributed by atoms with Crippen molar-refractivity contribution in [3.8, 4) is 0 Å². The molecule has 1 heterocycles. The van der Waals surface area contributed by atoms with Crippen molar-refractivity contribution >= 4 is 15.9 Å². The normalized spacial score (nSPS) is 46.4. The molecule has 7 nitrogen and oxygen atoms in total. The van der Waals surface area contributed by atoms with Crippen molar-refractivity contribution in [2.45, 2.75) is 116 Å². The topological polar surface area (TPSA) is 113 Å². The van der Waals surface area contributed by atoms with Crippen LogP contribution in [0, 0.1) is 46.3 Å². The third-order valence-electron chi connectivity index (χ3n) is 12.4. The van der Waals surface area contributed by atoms with Gasteiger partial charge >= 0.3 is 6.09 Å². The highest BCUT2D eigenvalue weighted by Crippen LogP contribution is 2.69. The summed E-state index contributed by atoms with van der Waals surface area (Å²) in [6, 6.07) is -0.113. The van der Waals surface area contributed by atoms with Gasteiger partial charge in [-0.15, -0.1) is 0 Å². The van der Waals surface area contributed by atoms with Crippen LogP contribution in [0.3, 0.4) is 0 Å². The lowest BCUT2D eigenvalue weighted by atomic mass is 9.41. The molecular formula is C30H51NO6S. The number of hydrogen-bond acceptors (Lipinski definition) is 6. The molecule has 1 saturated heterocycles. The molecule has 0 aromatic carbocycles. The lowest BCUT2D eigenvalue weighted by Crippen LogP contribution is -2.62. The Morgan fingerprint density at radius 1 is 0.947 bits per heavy atom. The maximum absolute atomic E-state index is 12.3. The first-order chi connectivity index (χ1) is 18.0. The van der Waals surface area contributed by atoms with Crippen molar-refractivity contribution in [2.75, 3.05) is 18.1 Å². The van der Waals surface area contributed by atoms with E-state index in [1.54, 1.807) is 0 Å². The molecule has 0 unspecified atom stereocenters. The molecule has 4 aliphatic carbocycles.